The maximum Gasteiger partial charge on any atom is 0.460 e. The van der Waals surface area contributed by atoms with Gasteiger partial charge >= 0.3 is 23.9 Å². The van der Waals surface area contributed by atoms with Crippen molar-refractivity contribution in [2.75, 3.05) is 0 Å². The van der Waals surface area contributed by atoms with Crippen molar-refractivity contribution in [2.45, 2.75) is 30.9 Å². The molecule has 0 heterocycles. The Hall–Kier alpha value is -1.41. The second-order valence-corrected chi connectivity index (χ2v) is 4.04. The van der Waals surface area contributed by atoms with E-state index in [-0.39, 0.29) is 0 Å². The summed E-state index contributed by atoms with van der Waals surface area (Å²) in [6.07, 6.45) is -6.80. The van der Waals surface area contributed by atoms with Gasteiger partial charge in [0, 0.05) is 5.56 Å². The lowest BCUT2D eigenvalue weighted by Crippen LogP contribution is -2.59. The summed E-state index contributed by atoms with van der Waals surface area (Å²) in [5, 5.41) is 0. The number of hydrogen-bond donors (Lipinski definition) is 0. The molecular formula is C11H7F9. The zero-order chi connectivity index (χ0) is 16.0. The summed E-state index contributed by atoms with van der Waals surface area (Å²) in [6, 6.07) is 3.24. The molecule has 0 aromatic heterocycles. The Kier molecular flexibility index (Phi) is 3.79. The topological polar surface area (TPSA) is 0 Å². The van der Waals surface area contributed by atoms with E-state index in [1.54, 1.807) is 0 Å². The Bertz CT molecular complexity index is 487. The number of benzene rings is 1. The van der Waals surface area contributed by atoms with Crippen molar-refractivity contribution in [3.05, 3.63) is 35.4 Å². The summed E-state index contributed by atoms with van der Waals surface area (Å²) in [5.74, 6) is -19.2. The molecule has 1 rings (SSSR count). The SMILES string of the molecule is Cc1ccccc1C(F)(F)C(F)(F)C(F)(F)C(F)(F)F. The van der Waals surface area contributed by atoms with Gasteiger partial charge < -0.3 is 0 Å². The minimum Gasteiger partial charge on any atom is -0.194 e. The summed E-state index contributed by atoms with van der Waals surface area (Å²) >= 11 is 0. The van der Waals surface area contributed by atoms with E-state index in [0.717, 1.165) is 25.1 Å². The van der Waals surface area contributed by atoms with Crippen LogP contribution in [-0.4, -0.2) is 18.0 Å². The van der Waals surface area contributed by atoms with E-state index in [0.29, 0.717) is 6.07 Å². The van der Waals surface area contributed by atoms with E-state index >= 15 is 0 Å². The van der Waals surface area contributed by atoms with Crippen LogP contribution in [0.5, 0.6) is 0 Å². The van der Waals surface area contributed by atoms with Crippen LogP contribution >= 0.6 is 0 Å². The lowest BCUT2D eigenvalue weighted by Gasteiger charge is -2.34. The highest BCUT2D eigenvalue weighted by Crippen LogP contribution is 2.56. The average Bonchev–Trinajstić information content (AvgIpc) is 2.27. The van der Waals surface area contributed by atoms with Crippen LogP contribution < -0.4 is 0 Å². The van der Waals surface area contributed by atoms with Gasteiger partial charge in [0.05, 0.1) is 0 Å². The Morgan fingerprint density at radius 1 is 0.700 bits per heavy atom. The zero-order valence-corrected chi connectivity index (χ0v) is 9.71. The highest BCUT2D eigenvalue weighted by molar-refractivity contribution is 5.32. The first-order valence-electron chi connectivity index (χ1n) is 5.03. The molecule has 0 nitrogen and oxygen atoms in total. The molecule has 0 amide bonds. The molecule has 9 heteroatoms. The van der Waals surface area contributed by atoms with Crippen molar-refractivity contribution in [3.8, 4) is 0 Å². The van der Waals surface area contributed by atoms with Crippen molar-refractivity contribution in [2.24, 2.45) is 0 Å². The Morgan fingerprint density at radius 3 is 1.55 bits per heavy atom. The molecule has 0 spiro atoms. The van der Waals surface area contributed by atoms with E-state index in [4.69, 9.17) is 0 Å². The lowest BCUT2D eigenvalue weighted by atomic mass is 9.94. The largest absolute Gasteiger partial charge is 0.460 e. The fraction of sp³-hybridized carbons (Fsp3) is 0.455. The third-order valence-corrected chi connectivity index (χ3v) is 2.63. The fourth-order valence-electron chi connectivity index (χ4n) is 1.47. The van der Waals surface area contributed by atoms with Gasteiger partial charge in [0.1, 0.15) is 0 Å². The van der Waals surface area contributed by atoms with Gasteiger partial charge in [-0.1, -0.05) is 24.3 Å². The Labute approximate surface area is 107 Å². The molecule has 1 aromatic carbocycles. The smallest absolute Gasteiger partial charge is 0.194 e. The lowest BCUT2D eigenvalue weighted by molar-refractivity contribution is -0.399. The number of rotatable bonds is 3. The van der Waals surface area contributed by atoms with Crippen LogP contribution in [0.25, 0.3) is 0 Å². The number of aryl methyl sites for hydroxylation is 1. The highest BCUT2D eigenvalue weighted by atomic mass is 19.4. The van der Waals surface area contributed by atoms with Crippen molar-refractivity contribution >= 4 is 0 Å². The minimum atomic E-state index is -6.87. The standard InChI is InChI=1S/C11H7F9/c1-6-4-2-3-5-7(6)8(12,13)9(14,15)10(16,17)11(18,19)20/h2-5H,1H3. The molecule has 0 atom stereocenters. The summed E-state index contributed by atoms with van der Waals surface area (Å²) in [5.41, 5.74) is -2.12. The van der Waals surface area contributed by atoms with Crippen LogP contribution in [0.2, 0.25) is 0 Å². The molecule has 0 fully saturated rings. The Morgan fingerprint density at radius 2 is 1.15 bits per heavy atom. The second kappa shape index (κ2) is 4.56. The molecule has 0 saturated heterocycles. The van der Waals surface area contributed by atoms with Crippen LogP contribution in [-0.2, 0) is 5.92 Å². The molecule has 0 aliphatic carbocycles. The first kappa shape index (κ1) is 16.6. The van der Waals surface area contributed by atoms with E-state index < -0.39 is 35.1 Å². The van der Waals surface area contributed by atoms with Gasteiger partial charge in [0.2, 0.25) is 0 Å². The first-order valence-corrected chi connectivity index (χ1v) is 5.03. The summed E-state index contributed by atoms with van der Waals surface area (Å²) < 4.78 is 114. The maximum atomic E-state index is 13.5. The van der Waals surface area contributed by atoms with Gasteiger partial charge in [-0.05, 0) is 12.5 Å². The second-order valence-electron chi connectivity index (χ2n) is 4.04. The summed E-state index contributed by atoms with van der Waals surface area (Å²) in [6.45, 7) is 0.894. The third-order valence-electron chi connectivity index (χ3n) is 2.63. The van der Waals surface area contributed by atoms with Crippen molar-refractivity contribution in [3.63, 3.8) is 0 Å². The molecule has 0 bridgehead atoms. The molecular weight excluding hydrogens is 303 g/mol. The maximum absolute atomic E-state index is 13.5. The van der Waals surface area contributed by atoms with Crippen molar-refractivity contribution < 1.29 is 39.5 Å². The number of hydrogen-bond acceptors (Lipinski definition) is 0. The third kappa shape index (κ3) is 2.22. The molecule has 0 unspecified atom stereocenters. The van der Waals surface area contributed by atoms with Gasteiger partial charge in [-0.25, -0.2) is 0 Å². The molecule has 0 N–H and O–H groups in total. The minimum absolute atomic E-state index is 0.371. The van der Waals surface area contributed by atoms with Crippen LogP contribution in [0.3, 0.4) is 0 Å². The van der Waals surface area contributed by atoms with Gasteiger partial charge in [-0.2, -0.15) is 39.5 Å². The molecule has 114 valence electrons. The predicted molar refractivity (Wildman–Crippen MR) is 51.0 cm³/mol. The van der Waals surface area contributed by atoms with E-state index in [1.165, 1.54) is 0 Å². The normalized spacial score (nSPS) is 14.5. The zero-order valence-electron chi connectivity index (χ0n) is 9.71. The van der Waals surface area contributed by atoms with Crippen LogP contribution in [0.4, 0.5) is 39.5 Å². The molecule has 0 saturated carbocycles. The van der Waals surface area contributed by atoms with Crippen molar-refractivity contribution in [1.29, 1.82) is 0 Å². The van der Waals surface area contributed by atoms with Gasteiger partial charge in [0.15, 0.2) is 0 Å². The fourth-order valence-corrected chi connectivity index (χ4v) is 1.47. The van der Waals surface area contributed by atoms with E-state index in [1.807, 2.05) is 0 Å². The van der Waals surface area contributed by atoms with Crippen LogP contribution in [0.1, 0.15) is 11.1 Å². The van der Waals surface area contributed by atoms with Crippen LogP contribution in [0, 0.1) is 6.92 Å². The predicted octanol–water partition coefficient (Wildman–Crippen LogP) is 4.92. The average molecular weight is 310 g/mol. The highest BCUT2D eigenvalue weighted by Gasteiger charge is 2.82. The van der Waals surface area contributed by atoms with E-state index in [2.05, 4.69) is 0 Å². The molecule has 0 aliphatic heterocycles. The molecule has 1 aromatic rings. The summed E-state index contributed by atoms with van der Waals surface area (Å²) in [4.78, 5) is 0. The van der Waals surface area contributed by atoms with Gasteiger partial charge in [-0.15, -0.1) is 0 Å². The monoisotopic (exact) mass is 310 g/mol. The molecule has 20 heavy (non-hydrogen) atoms. The first-order chi connectivity index (χ1) is 8.77. The van der Waals surface area contributed by atoms with Gasteiger partial charge in [0.25, 0.3) is 0 Å². The van der Waals surface area contributed by atoms with E-state index in [9.17, 15) is 39.5 Å². The van der Waals surface area contributed by atoms with Crippen LogP contribution in [0.15, 0.2) is 24.3 Å². The molecule has 0 aliphatic rings. The Balaban J connectivity index is 3.44. The number of alkyl halides is 9. The van der Waals surface area contributed by atoms with Gasteiger partial charge in [-0.3, -0.25) is 0 Å². The van der Waals surface area contributed by atoms with Crippen molar-refractivity contribution in [1.82, 2.24) is 0 Å². The number of halogens is 9. The summed E-state index contributed by atoms with van der Waals surface area (Å²) in [7, 11) is 0. The quantitative estimate of drug-likeness (QED) is 0.695. The molecule has 0 radical (unpaired) electrons.